The van der Waals surface area contributed by atoms with E-state index in [0.717, 1.165) is 11.1 Å². The molecule has 1 aliphatic heterocycles. The predicted octanol–water partition coefficient (Wildman–Crippen LogP) is 2.84. The number of hydrogen-bond acceptors (Lipinski definition) is 3. The van der Waals surface area contributed by atoms with E-state index in [0.29, 0.717) is 12.8 Å². The van der Waals surface area contributed by atoms with E-state index < -0.39 is 11.7 Å². The monoisotopic (exact) mass is 304 g/mol. The van der Waals surface area contributed by atoms with E-state index in [-0.39, 0.29) is 18.0 Å². The Morgan fingerprint density at radius 3 is 2.64 bits per heavy atom. The highest BCUT2D eigenvalue weighted by Gasteiger charge is 2.32. The second kappa shape index (κ2) is 6.38. The molecule has 1 fully saturated rings. The summed E-state index contributed by atoms with van der Waals surface area (Å²) in [5, 5.41) is 5.88. The highest BCUT2D eigenvalue weighted by atomic mass is 16.6. The number of rotatable bonds is 2. The van der Waals surface area contributed by atoms with Crippen LogP contribution in [0.2, 0.25) is 0 Å². The van der Waals surface area contributed by atoms with Crippen LogP contribution in [0.1, 0.15) is 50.8 Å². The minimum absolute atomic E-state index is 0.00971. The van der Waals surface area contributed by atoms with Crippen LogP contribution in [0.15, 0.2) is 24.3 Å². The van der Waals surface area contributed by atoms with E-state index in [1.54, 1.807) is 0 Å². The Morgan fingerprint density at radius 1 is 1.32 bits per heavy atom. The Balaban J connectivity index is 2.16. The highest BCUT2D eigenvalue weighted by Crippen LogP contribution is 2.26. The Hall–Kier alpha value is -2.04. The highest BCUT2D eigenvalue weighted by molar-refractivity contribution is 5.78. The summed E-state index contributed by atoms with van der Waals surface area (Å²) >= 11 is 0. The van der Waals surface area contributed by atoms with Gasteiger partial charge in [-0.25, -0.2) is 4.79 Å². The van der Waals surface area contributed by atoms with E-state index in [9.17, 15) is 9.59 Å². The van der Waals surface area contributed by atoms with Crippen LogP contribution in [0.25, 0.3) is 0 Å². The molecule has 0 aliphatic carbocycles. The van der Waals surface area contributed by atoms with Crippen molar-refractivity contribution in [1.29, 1.82) is 0 Å². The molecule has 1 heterocycles. The van der Waals surface area contributed by atoms with Gasteiger partial charge < -0.3 is 15.4 Å². The lowest BCUT2D eigenvalue weighted by Crippen LogP contribution is -2.51. The third-order valence-corrected chi connectivity index (χ3v) is 3.63. The molecule has 1 aromatic carbocycles. The third kappa shape index (κ3) is 4.23. The SMILES string of the molecule is Cc1ccccc1[C@@H]1NC(=O)CC[C@H]1NC(=O)OC(C)(C)C. The van der Waals surface area contributed by atoms with E-state index in [4.69, 9.17) is 4.74 Å². The van der Waals surface area contributed by atoms with Gasteiger partial charge in [-0.3, -0.25) is 4.79 Å². The quantitative estimate of drug-likeness (QED) is 0.883. The third-order valence-electron chi connectivity index (χ3n) is 3.63. The van der Waals surface area contributed by atoms with Gasteiger partial charge in [-0.05, 0) is 45.2 Å². The molecule has 2 amide bonds. The molecular weight excluding hydrogens is 280 g/mol. The number of amides is 2. The summed E-state index contributed by atoms with van der Waals surface area (Å²) < 4.78 is 5.32. The molecule has 2 N–H and O–H groups in total. The zero-order valence-electron chi connectivity index (χ0n) is 13.6. The fourth-order valence-electron chi connectivity index (χ4n) is 2.64. The standard InChI is InChI=1S/C17H24N2O3/c1-11-7-5-6-8-12(11)15-13(9-10-14(20)19-15)18-16(21)22-17(2,3)4/h5-8,13,15H,9-10H2,1-4H3,(H,18,21)(H,19,20)/t13-,15+/m1/s1. The van der Waals surface area contributed by atoms with Crippen LogP contribution in [0.3, 0.4) is 0 Å². The zero-order chi connectivity index (χ0) is 16.3. The summed E-state index contributed by atoms with van der Waals surface area (Å²) in [5.41, 5.74) is 1.57. The predicted molar refractivity (Wildman–Crippen MR) is 84.5 cm³/mol. The molecule has 0 spiro atoms. The Bertz CT molecular complexity index is 563. The van der Waals surface area contributed by atoms with E-state index >= 15 is 0 Å². The van der Waals surface area contributed by atoms with Crippen LogP contribution in [0.5, 0.6) is 0 Å². The lowest BCUT2D eigenvalue weighted by Gasteiger charge is -2.34. The maximum atomic E-state index is 12.0. The number of hydrogen-bond donors (Lipinski definition) is 2. The van der Waals surface area contributed by atoms with Crippen LogP contribution >= 0.6 is 0 Å². The van der Waals surface area contributed by atoms with Crippen molar-refractivity contribution < 1.29 is 14.3 Å². The lowest BCUT2D eigenvalue weighted by molar-refractivity contribution is -0.124. The molecule has 5 nitrogen and oxygen atoms in total. The van der Waals surface area contributed by atoms with Crippen LogP contribution in [0, 0.1) is 6.92 Å². The molecule has 22 heavy (non-hydrogen) atoms. The maximum Gasteiger partial charge on any atom is 0.407 e. The van der Waals surface area contributed by atoms with Gasteiger partial charge in [0.15, 0.2) is 0 Å². The molecule has 0 radical (unpaired) electrons. The Kier molecular flexibility index (Phi) is 4.74. The molecule has 1 saturated heterocycles. The Morgan fingerprint density at radius 2 is 2.00 bits per heavy atom. The molecular formula is C17H24N2O3. The van der Waals surface area contributed by atoms with Crippen molar-refractivity contribution in [2.75, 3.05) is 0 Å². The minimum atomic E-state index is -0.542. The van der Waals surface area contributed by atoms with Crippen molar-refractivity contribution in [2.45, 2.75) is 58.2 Å². The fraction of sp³-hybridized carbons (Fsp3) is 0.529. The lowest BCUT2D eigenvalue weighted by atomic mass is 9.89. The van der Waals surface area contributed by atoms with Gasteiger partial charge in [0, 0.05) is 6.42 Å². The van der Waals surface area contributed by atoms with Gasteiger partial charge in [-0.15, -0.1) is 0 Å². The molecule has 0 aromatic heterocycles. The van der Waals surface area contributed by atoms with Gasteiger partial charge >= 0.3 is 6.09 Å². The summed E-state index contributed by atoms with van der Waals surface area (Å²) in [7, 11) is 0. The summed E-state index contributed by atoms with van der Waals surface area (Å²) in [5.74, 6) is 0.00971. The molecule has 5 heteroatoms. The first-order valence-corrected chi connectivity index (χ1v) is 7.61. The average molecular weight is 304 g/mol. The first-order chi connectivity index (χ1) is 10.3. The smallest absolute Gasteiger partial charge is 0.407 e. The Labute approximate surface area is 131 Å². The van der Waals surface area contributed by atoms with Crippen molar-refractivity contribution in [3.63, 3.8) is 0 Å². The average Bonchev–Trinajstić information content (AvgIpc) is 2.39. The molecule has 1 aliphatic rings. The van der Waals surface area contributed by atoms with Gasteiger partial charge in [0.2, 0.25) is 5.91 Å². The van der Waals surface area contributed by atoms with Crippen molar-refractivity contribution in [3.8, 4) is 0 Å². The second-order valence-corrected chi connectivity index (χ2v) is 6.69. The van der Waals surface area contributed by atoms with Crippen molar-refractivity contribution in [3.05, 3.63) is 35.4 Å². The van der Waals surface area contributed by atoms with Crippen molar-refractivity contribution >= 4 is 12.0 Å². The van der Waals surface area contributed by atoms with Crippen LogP contribution in [0.4, 0.5) is 4.79 Å². The number of carbonyl (C=O) groups is 2. The van der Waals surface area contributed by atoms with E-state index in [2.05, 4.69) is 10.6 Å². The minimum Gasteiger partial charge on any atom is -0.444 e. The van der Waals surface area contributed by atoms with E-state index in [1.807, 2.05) is 52.0 Å². The summed E-state index contributed by atoms with van der Waals surface area (Å²) in [6, 6.07) is 7.48. The van der Waals surface area contributed by atoms with Gasteiger partial charge in [0.05, 0.1) is 12.1 Å². The molecule has 2 atom stereocenters. The molecule has 0 saturated carbocycles. The van der Waals surface area contributed by atoms with Gasteiger partial charge in [-0.1, -0.05) is 24.3 Å². The maximum absolute atomic E-state index is 12.0. The normalized spacial score (nSPS) is 21.9. The van der Waals surface area contributed by atoms with Crippen molar-refractivity contribution in [1.82, 2.24) is 10.6 Å². The number of aryl methyl sites for hydroxylation is 1. The largest absolute Gasteiger partial charge is 0.444 e. The van der Waals surface area contributed by atoms with Crippen molar-refractivity contribution in [2.24, 2.45) is 0 Å². The van der Waals surface area contributed by atoms with Gasteiger partial charge in [0.25, 0.3) is 0 Å². The van der Waals surface area contributed by atoms with Gasteiger partial charge in [0.1, 0.15) is 5.60 Å². The van der Waals surface area contributed by atoms with E-state index in [1.165, 1.54) is 0 Å². The topological polar surface area (TPSA) is 67.4 Å². The fourth-order valence-corrected chi connectivity index (χ4v) is 2.64. The number of benzene rings is 1. The first-order valence-electron chi connectivity index (χ1n) is 7.61. The zero-order valence-corrected chi connectivity index (χ0v) is 13.6. The van der Waals surface area contributed by atoms with Crippen LogP contribution in [-0.4, -0.2) is 23.6 Å². The summed E-state index contributed by atoms with van der Waals surface area (Å²) in [4.78, 5) is 23.8. The molecule has 0 unspecified atom stereocenters. The van der Waals surface area contributed by atoms with Crippen LogP contribution < -0.4 is 10.6 Å². The number of alkyl carbamates (subject to hydrolysis) is 1. The molecule has 1 aromatic rings. The summed E-state index contributed by atoms with van der Waals surface area (Å²) in [6.45, 7) is 7.48. The number of ether oxygens (including phenoxy) is 1. The number of piperidine rings is 1. The molecule has 2 rings (SSSR count). The summed E-state index contributed by atoms with van der Waals surface area (Å²) in [6.07, 6.45) is 0.555. The second-order valence-electron chi connectivity index (χ2n) is 6.69. The number of nitrogens with one attached hydrogen (secondary N) is 2. The van der Waals surface area contributed by atoms with Gasteiger partial charge in [-0.2, -0.15) is 0 Å². The molecule has 120 valence electrons. The molecule has 0 bridgehead atoms. The van der Waals surface area contributed by atoms with Crippen LogP contribution in [-0.2, 0) is 9.53 Å². The first kappa shape index (κ1) is 16.3. The number of carbonyl (C=O) groups excluding carboxylic acids is 2.